The van der Waals surface area contributed by atoms with Gasteiger partial charge in [-0.25, -0.2) is 8.42 Å². The third-order valence-corrected chi connectivity index (χ3v) is 4.90. The van der Waals surface area contributed by atoms with Crippen molar-refractivity contribution in [3.8, 4) is 0 Å². The second-order valence-electron chi connectivity index (χ2n) is 4.91. The minimum absolute atomic E-state index is 0.0324. The number of nitrogens with zero attached hydrogens (tertiary/aromatic N) is 1. The number of hydrogen-bond acceptors (Lipinski definition) is 4. The largest absolute Gasteiger partial charge is 0.415 e. The number of benzene rings is 1. The number of nitrogens with one attached hydrogen (secondary N) is 1. The van der Waals surface area contributed by atoms with Crippen LogP contribution < -0.4 is 4.72 Å². The topological polar surface area (TPSA) is 69.6 Å². The van der Waals surface area contributed by atoms with E-state index in [1.807, 2.05) is 0 Å². The summed E-state index contributed by atoms with van der Waals surface area (Å²) in [6.07, 6.45) is -7.14. The Bertz CT molecular complexity index is 571. The van der Waals surface area contributed by atoms with Crippen LogP contribution in [-0.2, 0) is 10.0 Å². The van der Waals surface area contributed by atoms with Crippen LogP contribution in [0.2, 0.25) is 0 Å². The van der Waals surface area contributed by atoms with E-state index in [1.165, 1.54) is 4.90 Å². The Hall–Kier alpha value is -1.32. The number of alkyl halides is 3. The van der Waals surface area contributed by atoms with Crippen LogP contribution in [0, 0.1) is 0 Å². The second-order valence-corrected chi connectivity index (χ2v) is 6.87. The summed E-state index contributed by atoms with van der Waals surface area (Å²) in [5.74, 6) is 0. The van der Waals surface area contributed by atoms with E-state index in [0.717, 1.165) is 0 Å². The van der Waals surface area contributed by atoms with Gasteiger partial charge >= 0.3 is 6.18 Å². The van der Waals surface area contributed by atoms with Crippen LogP contribution in [-0.4, -0.2) is 55.6 Å². The minimum atomic E-state index is -4.69. The maximum atomic E-state index is 12.2. The molecule has 2 rings (SSSR count). The second kappa shape index (κ2) is 5.82. The Morgan fingerprint density at radius 2 is 1.86 bits per heavy atom. The zero-order valence-electron chi connectivity index (χ0n) is 10.9. The number of aliphatic hydroxyl groups excluding tert-OH is 1. The van der Waals surface area contributed by atoms with Crippen LogP contribution >= 0.6 is 0 Å². The molecule has 0 aromatic heterocycles. The summed E-state index contributed by atoms with van der Waals surface area (Å²) in [4.78, 5) is 1.26. The molecule has 118 valence electrons. The van der Waals surface area contributed by atoms with E-state index < -0.39 is 34.1 Å². The van der Waals surface area contributed by atoms with Crippen molar-refractivity contribution in [3.05, 3.63) is 30.3 Å². The molecule has 0 amide bonds. The van der Waals surface area contributed by atoms with E-state index in [2.05, 4.69) is 4.72 Å². The molecule has 1 heterocycles. The lowest BCUT2D eigenvalue weighted by Crippen LogP contribution is -2.58. The Labute approximate surface area is 120 Å². The molecule has 0 aliphatic carbocycles. The highest BCUT2D eigenvalue weighted by Gasteiger charge is 2.44. The summed E-state index contributed by atoms with van der Waals surface area (Å²) in [5, 5.41) is 8.13. The van der Waals surface area contributed by atoms with Gasteiger partial charge in [-0.3, -0.25) is 9.62 Å². The van der Waals surface area contributed by atoms with Gasteiger partial charge in [-0.05, 0) is 12.1 Å². The summed E-state index contributed by atoms with van der Waals surface area (Å²) >= 11 is 0. The van der Waals surface area contributed by atoms with Crippen molar-refractivity contribution in [2.45, 2.75) is 17.5 Å². The van der Waals surface area contributed by atoms with Gasteiger partial charge in [-0.1, -0.05) is 18.2 Å². The van der Waals surface area contributed by atoms with Crippen LogP contribution in [0.1, 0.15) is 0 Å². The van der Waals surface area contributed by atoms with Gasteiger partial charge < -0.3 is 5.11 Å². The third kappa shape index (κ3) is 4.08. The molecule has 9 heteroatoms. The smallest absolute Gasteiger partial charge is 0.382 e. The molecule has 1 atom stereocenters. The summed E-state index contributed by atoms with van der Waals surface area (Å²) in [7, 11) is -3.64. The minimum Gasteiger partial charge on any atom is -0.382 e. The molecule has 1 aliphatic heterocycles. The highest BCUT2D eigenvalue weighted by atomic mass is 32.2. The van der Waals surface area contributed by atoms with Gasteiger partial charge in [0.15, 0.2) is 6.10 Å². The van der Waals surface area contributed by atoms with Gasteiger partial charge in [0.05, 0.1) is 0 Å². The SMILES string of the molecule is O=S(=O)(Nc1ccccc1)C1CN(C[C@@H](O)C(F)(F)F)C1. The maximum Gasteiger partial charge on any atom is 0.415 e. The first-order valence-corrected chi connectivity index (χ1v) is 7.77. The first kappa shape index (κ1) is 16.1. The number of anilines is 1. The van der Waals surface area contributed by atoms with Crippen molar-refractivity contribution in [2.24, 2.45) is 0 Å². The Kier molecular flexibility index (Phi) is 4.45. The van der Waals surface area contributed by atoms with E-state index in [1.54, 1.807) is 30.3 Å². The number of rotatable bonds is 5. The molecule has 0 saturated carbocycles. The normalized spacial score (nSPS) is 19.0. The van der Waals surface area contributed by atoms with Crippen molar-refractivity contribution in [1.29, 1.82) is 0 Å². The zero-order chi connectivity index (χ0) is 15.7. The standard InChI is InChI=1S/C12H15F3N2O3S/c13-12(14,15)11(18)8-17-6-10(7-17)21(19,20)16-9-4-2-1-3-5-9/h1-5,10-11,16,18H,6-8H2/t11-/m1/s1. The molecule has 0 radical (unpaired) electrons. The summed E-state index contributed by atoms with van der Waals surface area (Å²) in [5.41, 5.74) is 0.409. The predicted octanol–water partition coefficient (Wildman–Crippen LogP) is 1.04. The van der Waals surface area contributed by atoms with Gasteiger partial charge in [0.1, 0.15) is 5.25 Å². The molecule has 0 unspecified atom stereocenters. The molecule has 2 N–H and O–H groups in total. The zero-order valence-corrected chi connectivity index (χ0v) is 11.7. The molecule has 0 bridgehead atoms. The van der Waals surface area contributed by atoms with Crippen molar-refractivity contribution in [2.75, 3.05) is 24.4 Å². The number of sulfonamides is 1. The molecule has 0 spiro atoms. The van der Waals surface area contributed by atoms with Crippen molar-refractivity contribution in [3.63, 3.8) is 0 Å². The lowest BCUT2D eigenvalue weighted by molar-refractivity contribution is -0.209. The van der Waals surface area contributed by atoms with Gasteiger partial charge in [-0.15, -0.1) is 0 Å². The lowest BCUT2D eigenvalue weighted by Gasteiger charge is -2.39. The molecule has 1 saturated heterocycles. The molecule has 5 nitrogen and oxygen atoms in total. The summed E-state index contributed by atoms with van der Waals surface area (Å²) in [6.45, 7) is -0.675. The number of para-hydroxylation sites is 1. The van der Waals surface area contributed by atoms with E-state index in [-0.39, 0.29) is 13.1 Å². The number of halogens is 3. The molecule has 1 aliphatic rings. The quantitative estimate of drug-likeness (QED) is 0.849. The van der Waals surface area contributed by atoms with E-state index in [9.17, 15) is 21.6 Å². The fraction of sp³-hybridized carbons (Fsp3) is 0.500. The van der Waals surface area contributed by atoms with Gasteiger partial charge in [0, 0.05) is 25.3 Å². The van der Waals surface area contributed by atoms with E-state index in [0.29, 0.717) is 5.69 Å². The van der Waals surface area contributed by atoms with Gasteiger partial charge in [-0.2, -0.15) is 13.2 Å². The Morgan fingerprint density at radius 1 is 1.29 bits per heavy atom. The van der Waals surface area contributed by atoms with Crippen LogP contribution in [0.5, 0.6) is 0 Å². The van der Waals surface area contributed by atoms with Crippen LogP contribution in [0.25, 0.3) is 0 Å². The first-order chi connectivity index (χ1) is 9.68. The molecule has 1 fully saturated rings. The van der Waals surface area contributed by atoms with Crippen LogP contribution in [0.15, 0.2) is 30.3 Å². The summed E-state index contributed by atoms with van der Waals surface area (Å²) in [6, 6.07) is 8.25. The van der Waals surface area contributed by atoms with Crippen molar-refractivity contribution in [1.82, 2.24) is 4.90 Å². The highest BCUT2D eigenvalue weighted by molar-refractivity contribution is 7.93. The van der Waals surface area contributed by atoms with Gasteiger partial charge in [0.25, 0.3) is 0 Å². The number of hydrogen-bond donors (Lipinski definition) is 2. The van der Waals surface area contributed by atoms with E-state index in [4.69, 9.17) is 5.11 Å². The predicted molar refractivity (Wildman–Crippen MR) is 71.3 cm³/mol. The Balaban J connectivity index is 1.86. The average molecular weight is 324 g/mol. The first-order valence-electron chi connectivity index (χ1n) is 6.22. The maximum absolute atomic E-state index is 12.2. The molecular weight excluding hydrogens is 309 g/mol. The van der Waals surface area contributed by atoms with Gasteiger partial charge in [0.2, 0.25) is 10.0 Å². The number of likely N-dealkylation sites (tertiary alicyclic amines) is 1. The number of aliphatic hydroxyl groups is 1. The van der Waals surface area contributed by atoms with Crippen molar-refractivity contribution >= 4 is 15.7 Å². The fourth-order valence-corrected chi connectivity index (χ4v) is 3.42. The molecule has 21 heavy (non-hydrogen) atoms. The molecular formula is C12H15F3N2O3S. The molecule has 1 aromatic rings. The van der Waals surface area contributed by atoms with Crippen LogP contribution in [0.4, 0.5) is 18.9 Å². The van der Waals surface area contributed by atoms with E-state index >= 15 is 0 Å². The number of β-amino-alcohol motifs (C(OH)–C–C–N with tert-alkyl or cyclic N) is 1. The monoisotopic (exact) mass is 324 g/mol. The summed E-state index contributed by atoms with van der Waals surface area (Å²) < 4.78 is 62.9. The Morgan fingerprint density at radius 3 is 2.38 bits per heavy atom. The fourth-order valence-electron chi connectivity index (χ4n) is 1.97. The third-order valence-electron chi connectivity index (χ3n) is 3.21. The van der Waals surface area contributed by atoms with Crippen LogP contribution in [0.3, 0.4) is 0 Å². The molecule has 1 aromatic carbocycles. The lowest BCUT2D eigenvalue weighted by atomic mass is 10.2. The highest BCUT2D eigenvalue weighted by Crippen LogP contribution is 2.24. The average Bonchev–Trinajstić information content (AvgIpc) is 2.32. The van der Waals surface area contributed by atoms with Crippen molar-refractivity contribution < 1.29 is 26.7 Å².